The second kappa shape index (κ2) is 6.50. The van der Waals surface area contributed by atoms with Crippen molar-refractivity contribution >= 4 is 17.3 Å². The lowest BCUT2D eigenvalue weighted by Crippen LogP contribution is -2.12. The van der Waals surface area contributed by atoms with Gasteiger partial charge in [-0.25, -0.2) is 0 Å². The molecule has 1 heterocycles. The van der Waals surface area contributed by atoms with Crippen molar-refractivity contribution in [3.63, 3.8) is 0 Å². The van der Waals surface area contributed by atoms with Crippen LogP contribution in [-0.4, -0.2) is 10.8 Å². The number of unbranched alkanes of at least 4 members (excludes halogenated alkanes) is 4. The molecule has 1 aromatic rings. The first-order valence-electron chi connectivity index (χ1n) is 7.23. The number of benzene rings is 1. The Labute approximate surface area is 118 Å². The van der Waals surface area contributed by atoms with Crippen molar-refractivity contribution < 1.29 is 9.72 Å². The molecule has 0 spiro atoms. The van der Waals surface area contributed by atoms with Crippen LogP contribution in [0.25, 0.3) is 0 Å². The Balaban J connectivity index is 2.05. The highest BCUT2D eigenvalue weighted by atomic mass is 16.6. The van der Waals surface area contributed by atoms with Gasteiger partial charge in [-0.15, -0.1) is 0 Å². The SMILES string of the molecule is CCCCCCCC1C(=O)Nc2c1cccc2[N+](=O)[O-]. The molecule has 0 radical (unpaired) electrons. The lowest BCUT2D eigenvalue weighted by molar-refractivity contribution is -0.383. The van der Waals surface area contributed by atoms with E-state index in [-0.39, 0.29) is 17.5 Å². The van der Waals surface area contributed by atoms with Crippen LogP contribution in [-0.2, 0) is 4.79 Å². The van der Waals surface area contributed by atoms with Gasteiger partial charge in [0, 0.05) is 6.07 Å². The number of hydrogen-bond donors (Lipinski definition) is 1. The van der Waals surface area contributed by atoms with Crippen LogP contribution in [0.1, 0.15) is 56.9 Å². The smallest absolute Gasteiger partial charge is 0.293 e. The Kier molecular flexibility index (Phi) is 4.71. The van der Waals surface area contributed by atoms with Crippen molar-refractivity contribution in [2.45, 2.75) is 51.4 Å². The van der Waals surface area contributed by atoms with Crippen molar-refractivity contribution in [1.82, 2.24) is 0 Å². The zero-order valence-corrected chi connectivity index (χ0v) is 11.7. The molecule has 1 atom stereocenters. The first-order chi connectivity index (χ1) is 9.65. The van der Waals surface area contributed by atoms with E-state index in [0.717, 1.165) is 24.8 Å². The van der Waals surface area contributed by atoms with E-state index in [1.165, 1.54) is 25.3 Å². The number of hydrogen-bond acceptors (Lipinski definition) is 3. The highest BCUT2D eigenvalue weighted by Crippen LogP contribution is 2.41. The average Bonchev–Trinajstić information content (AvgIpc) is 2.74. The average molecular weight is 276 g/mol. The van der Waals surface area contributed by atoms with Crippen molar-refractivity contribution in [3.8, 4) is 0 Å². The van der Waals surface area contributed by atoms with Crippen LogP contribution in [0.15, 0.2) is 18.2 Å². The monoisotopic (exact) mass is 276 g/mol. The topological polar surface area (TPSA) is 72.2 Å². The Hall–Kier alpha value is -1.91. The fraction of sp³-hybridized carbons (Fsp3) is 0.533. The maximum absolute atomic E-state index is 12.0. The predicted octanol–water partition coefficient (Wildman–Crippen LogP) is 3.99. The second-order valence-electron chi connectivity index (χ2n) is 5.24. The van der Waals surface area contributed by atoms with Crippen LogP contribution in [0.5, 0.6) is 0 Å². The van der Waals surface area contributed by atoms with Crippen LogP contribution in [0.4, 0.5) is 11.4 Å². The van der Waals surface area contributed by atoms with Gasteiger partial charge in [-0.3, -0.25) is 14.9 Å². The fourth-order valence-electron chi connectivity index (χ4n) is 2.73. The third-order valence-corrected chi connectivity index (χ3v) is 3.81. The first kappa shape index (κ1) is 14.5. The minimum Gasteiger partial charge on any atom is -0.320 e. The minimum absolute atomic E-state index is 0.00988. The quantitative estimate of drug-likeness (QED) is 0.465. The summed E-state index contributed by atoms with van der Waals surface area (Å²) in [6, 6.07) is 4.90. The summed E-state index contributed by atoms with van der Waals surface area (Å²) < 4.78 is 0. The molecule has 1 aromatic carbocycles. The molecule has 1 aliphatic rings. The van der Waals surface area contributed by atoms with Gasteiger partial charge >= 0.3 is 0 Å². The summed E-state index contributed by atoms with van der Waals surface area (Å²) in [7, 11) is 0. The number of nitro benzene ring substituents is 1. The zero-order chi connectivity index (χ0) is 14.5. The van der Waals surface area contributed by atoms with Crippen LogP contribution in [0, 0.1) is 10.1 Å². The molecule has 108 valence electrons. The van der Waals surface area contributed by atoms with Crippen molar-refractivity contribution in [3.05, 3.63) is 33.9 Å². The Bertz CT molecular complexity index is 514. The normalized spacial score (nSPS) is 16.9. The van der Waals surface area contributed by atoms with Gasteiger partial charge in [0.2, 0.25) is 5.91 Å². The standard InChI is InChI=1S/C15H20N2O3/c1-2-3-4-5-6-8-12-11-9-7-10-13(17(19)20)14(11)16-15(12)18/h7,9-10,12H,2-6,8H2,1H3,(H,16,18). The molecule has 1 amide bonds. The number of para-hydroxylation sites is 1. The number of rotatable bonds is 7. The van der Waals surface area contributed by atoms with Gasteiger partial charge in [-0.05, 0) is 12.0 Å². The van der Waals surface area contributed by atoms with E-state index >= 15 is 0 Å². The summed E-state index contributed by atoms with van der Waals surface area (Å²) in [6.45, 7) is 2.17. The van der Waals surface area contributed by atoms with E-state index in [9.17, 15) is 14.9 Å². The van der Waals surface area contributed by atoms with Crippen molar-refractivity contribution in [2.24, 2.45) is 0 Å². The van der Waals surface area contributed by atoms with E-state index < -0.39 is 4.92 Å². The minimum atomic E-state index is -0.442. The van der Waals surface area contributed by atoms with E-state index in [4.69, 9.17) is 0 Å². The van der Waals surface area contributed by atoms with Crippen LogP contribution < -0.4 is 5.32 Å². The molecular weight excluding hydrogens is 256 g/mol. The van der Waals surface area contributed by atoms with Crippen LogP contribution >= 0.6 is 0 Å². The van der Waals surface area contributed by atoms with Gasteiger partial charge in [-0.2, -0.15) is 0 Å². The molecule has 0 aliphatic carbocycles. The summed E-state index contributed by atoms with van der Waals surface area (Å²) >= 11 is 0. The third-order valence-electron chi connectivity index (χ3n) is 3.81. The number of nitrogens with zero attached hydrogens (tertiary/aromatic N) is 1. The van der Waals surface area contributed by atoms with Crippen LogP contribution in [0.2, 0.25) is 0 Å². The molecule has 0 aromatic heterocycles. The van der Waals surface area contributed by atoms with Gasteiger partial charge in [0.05, 0.1) is 10.8 Å². The number of fused-ring (bicyclic) bond motifs is 1. The molecule has 0 bridgehead atoms. The maximum atomic E-state index is 12.0. The summed E-state index contributed by atoms with van der Waals surface area (Å²) in [5.74, 6) is -0.337. The summed E-state index contributed by atoms with van der Waals surface area (Å²) in [5, 5.41) is 13.6. The maximum Gasteiger partial charge on any atom is 0.293 e. The number of nitrogens with one attached hydrogen (secondary N) is 1. The predicted molar refractivity (Wildman–Crippen MR) is 77.8 cm³/mol. The van der Waals surface area contributed by atoms with Gasteiger partial charge in [0.25, 0.3) is 5.69 Å². The molecule has 1 N–H and O–H groups in total. The Morgan fingerprint density at radius 3 is 2.70 bits per heavy atom. The lowest BCUT2D eigenvalue weighted by Gasteiger charge is -2.08. The van der Waals surface area contributed by atoms with Crippen molar-refractivity contribution in [2.75, 3.05) is 5.32 Å². The van der Waals surface area contributed by atoms with E-state index in [0.29, 0.717) is 5.69 Å². The highest BCUT2D eigenvalue weighted by Gasteiger charge is 2.34. The van der Waals surface area contributed by atoms with Gasteiger partial charge in [0.1, 0.15) is 5.69 Å². The van der Waals surface area contributed by atoms with Crippen molar-refractivity contribution in [1.29, 1.82) is 0 Å². The highest BCUT2D eigenvalue weighted by molar-refractivity contribution is 6.05. The van der Waals surface area contributed by atoms with E-state index in [2.05, 4.69) is 12.2 Å². The molecule has 5 nitrogen and oxygen atoms in total. The fourth-order valence-corrected chi connectivity index (χ4v) is 2.73. The van der Waals surface area contributed by atoms with Gasteiger partial charge in [-0.1, -0.05) is 51.2 Å². The number of carbonyl (C=O) groups excluding carboxylic acids is 1. The van der Waals surface area contributed by atoms with Crippen LogP contribution in [0.3, 0.4) is 0 Å². The Morgan fingerprint density at radius 1 is 1.25 bits per heavy atom. The number of anilines is 1. The molecule has 5 heteroatoms. The van der Waals surface area contributed by atoms with Gasteiger partial charge in [0.15, 0.2) is 0 Å². The molecule has 0 saturated carbocycles. The largest absolute Gasteiger partial charge is 0.320 e. The molecule has 0 fully saturated rings. The molecule has 1 aliphatic heterocycles. The molecule has 0 saturated heterocycles. The summed E-state index contributed by atoms with van der Waals surface area (Å²) in [5.41, 5.74) is 1.16. The molecule has 1 unspecified atom stereocenters. The molecule has 20 heavy (non-hydrogen) atoms. The first-order valence-corrected chi connectivity index (χ1v) is 7.23. The summed E-state index contributed by atoms with van der Waals surface area (Å²) in [6.07, 6.45) is 6.47. The third kappa shape index (κ3) is 2.98. The van der Waals surface area contributed by atoms with E-state index in [1.54, 1.807) is 6.07 Å². The Morgan fingerprint density at radius 2 is 2.00 bits per heavy atom. The summed E-state index contributed by atoms with van der Waals surface area (Å²) in [4.78, 5) is 22.5. The number of carbonyl (C=O) groups is 1. The second-order valence-corrected chi connectivity index (χ2v) is 5.24. The molecule has 2 rings (SSSR count). The number of amides is 1. The van der Waals surface area contributed by atoms with E-state index in [1.807, 2.05) is 6.07 Å². The zero-order valence-electron chi connectivity index (χ0n) is 11.7. The molecular formula is C15H20N2O3. The number of nitro groups is 1. The lowest BCUT2D eigenvalue weighted by atomic mass is 9.94. The van der Waals surface area contributed by atoms with Gasteiger partial charge < -0.3 is 5.32 Å².